The highest BCUT2D eigenvalue weighted by molar-refractivity contribution is 7.89. The number of carboxylic acid groups (broad SMARTS) is 1. The first-order valence-corrected chi connectivity index (χ1v) is 23.3. The van der Waals surface area contributed by atoms with Crippen LogP contribution in [0.4, 0.5) is 5.69 Å². The van der Waals surface area contributed by atoms with E-state index in [2.05, 4.69) is 26.3 Å². The maximum atomic E-state index is 13.7. The Bertz CT molecular complexity index is 2220. The van der Waals surface area contributed by atoms with Crippen molar-refractivity contribution in [2.45, 2.75) is 89.5 Å². The number of ether oxygens (including phenoxy) is 1. The van der Waals surface area contributed by atoms with E-state index >= 15 is 0 Å². The monoisotopic (exact) mass is 774 g/mol. The number of hydrogen-bond acceptors (Lipinski definition) is 8. The lowest BCUT2D eigenvalue weighted by Crippen LogP contribution is -2.46. The normalized spacial score (nSPS) is 17.4. The summed E-state index contributed by atoms with van der Waals surface area (Å²) in [6.07, 6.45) is 8.34. The molecule has 2 N–H and O–H groups in total. The highest BCUT2D eigenvalue weighted by Gasteiger charge is 2.40. The van der Waals surface area contributed by atoms with Crippen LogP contribution in [0.25, 0.3) is 5.57 Å². The molecule has 5 heterocycles. The summed E-state index contributed by atoms with van der Waals surface area (Å²) in [4.78, 5) is 15.6. The summed E-state index contributed by atoms with van der Waals surface area (Å²) in [7, 11) is -6.99. The molecule has 3 aromatic carbocycles. The Hall–Kier alpha value is -3.59. The first-order chi connectivity index (χ1) is 26.2. The Labute approximate surface area is 319 Å². The van der Waals surface area contributed by atoms with Gasteiger partial charge in [0.15, 0.2) is 0 Å². The van der Waals surface area contributed by atoms with Crippen molar-refractivity contribution in [3.63, 3.8) is 0 Å². The summed E-state index contributed by atoms with van der Waals surface area (Å²) in [5, 5.41) is 13.0. The van der Waals surface area contributed by atoms with Crippen LogP contribution >= 0.6 is 0 Å². The molecule has 0 bridgehead atoms. The number of rotatable bonds is 14. The van der Waals surface area contributed by atoms with Gasteiger partial charge in [-0.25, -0.2) is 22.5 Å². The number of fused-ring (bicyclic) bond motifs is 4. The molecule has 0 unspecified atom stereocenters. The van der Waals surface area contributed by atoms with Gasteiger partial charge in [0.1, 0.15) is 24.6 Å². The number of nitrogens with zero attached hydrogens (tertiary/aromatic N) is 2. The van der Waals surface area contributed by atoms with Gasteiger partial charge in [0.2, 0.25) is 15.4 Å². The zero-order valence-electron chi connectivity index (χ0n) is 31.7. The molecule has 288 valence electrons. The predicted molar refractivity (Wildman–Crippen MR) is 209 cm³/mol. The second kappa shape index (κ2) is 15.2. The van der Waals surface area contributed by atoms with Gasteiger partial charge in [-0.15, -0.1) is 0 Å². The van der Waals surface area contributed by atoms with Gasteiger partial charge >= 0.3 is 14.8 Å². The third-order valence-electron chi connectivity index (χ3n) is 11.5. The minimum Gasteiger partial charge on any atom is -0.478 e. The van der Waals surface area contributed by atoms with E-state index < -0.39 is 24.8 Å². The number of nitrogens with one attached hydrogen (secondary N) is 1. The van der Waals surface area contributed by atoms with Crippen LogP contribution in [0.5, 0.6) is 11.5 Å². The molecule has 13 heteroatoms. The Kier molecular flexibility index (Phi) is 10.5. The number of benzene rings is 3. The lowest BCUT2D eigenvalue weighted by molar-refractivity contribution is 0.0691. The van der Waals surface area contributed by atoms with Crippen molar-refractivity contribution in [1.29, 1.82) is 0 Å². The van der Waals surface area contributed by atoms with E-state index in [1.807, 2.05) is 20.8 Å². The summed E-state index contributed by atoms with van der Waals surface area (Å²) in [5.74, 6) is 0.473. The van der Waals surface area contributed by atoms with Gasteiger partial charge in [-0.2, -0.15) is 0 Å². The molecule has 5 aliphatic heterocycles. The Morgan fingerprint density at radius 2 is 1.56 bits per heavy atom. The first kappa shape index (κ1) is 37.3. The molecule has 0 fully saturated rings. The molecule has 0 radical (unpaired) electrons. The van der Waals surface area contributed by atoms with Crippen LogP contribution in [0, 0.1) is 0 Å². The number of aromatic carboxylic acids is 1. The highest BCUT2D eigenvalue weighted by Crippen LogP contribution is 2.49. The average molecular weight is 775 g/mol. The topological polar surface area (TPSA) is 127 Å². The fourth-order valence-corrected chi connectivity index (χ4v) is 13.2. The molecule has 0 saturated heterocycles. The van der Waals surface area contributed by atoms with Crippen LogP contribution < -0.4 is 29.5 Å². The van der Waals surface area contributed by atoms with E-state index in [9.17, 15) is 18.3 Å². The van der Waals surface area contributed by atoms with Gasteiger partial charge in [0, 0.05) is 91.5 Å². The minimum atomic E-state index is -4.05. The predicted octanol–water partition coefficient (Wildman–Crippen LogP) is 4.54. The largest absolute Gasteiger partial charge is 0.500 e. The molecule has 0 spiro atoms. The average Bonchev–Trinajstić information content (AvgIpc) is 3.16. The van der Waals surface area contributed by atoms with E-state index in [0.29, 0.717) is 37.8 Å². The van der Waals surface area contributed by atoms with Crippen molar-refractivity contribution in [3.8, 4) is 11.5 Å². The molecule has 8 rings (SSSR count). The van der Waals surface area contributed by atoms with Gasteiger partial charge in [-0.3, -0.25) is 0 Å². The van der Waals surface area contributed by atoms with Crippen LogP contribution in [0.3, 0.4) is 0 Å². The van der Waals surface area contributed by atoms with Crippen molar-refractivity contribution in [2.75, 3.05) is 57.4 Å². The standard InChI is InChI=1S/C41H51N3O8SSi/c1-4-49-54(50-5-2,51-6-3)23-11-18-42-53(47,48)29-16-17-30(33(26-29)41(45)46)36-34-24-27-12-7-19-43-21-9-14-31(37(27)43)39(34)52-40-32-15-10-22-44-20-8-13-28(38(32)44)25-35(36)40/h16-17,24-26,42H,4-15,18-23H2,1-3H3/p+1. The van der Waals surface area contributed by atoms with Crippen molar-refractivity contribution in [3.05, 3.63) is 79.9 Å². The maximum Gasteiger partial charge on any atom is 0.500 e. The summed E-state index contributed by atoms with van der Waals surface area (Å²) in [6.45, 7) is 11.2. The van der Waals surface area contributed by atoms with E-state index in [4.69, 9.17) is 18.0 Å². The van der Waals surface area contributed by atoms with Crippen LogP contribution in [0.15, 0.2) is 35.2 Å². The van der Waals surface area contributed by atoms with E-state index in [0.717, 1.165) is 105 Å². The van der Waals surface area contributed by atoms with Crippen molar-refractivity contribution >= 4 is 36.1 Å². The smallest absolute Gasteiger partial charge is 0.478 e. The van der Waals surface area contributed by atoms with Gasteiger partial charge in [-0.05, 0) is 101 Å². The lowest BCUT2D eigenvalue weighted by atomic mass is 9.82. The molecule has 11 nitrogen and oxygen atoms in total. The number of anilines is 1. The summed E-state index contributed by atoms with van der Waals surface area (Å²) < 4.78 is 57.6. The Morgan fingerprint density at radius 3 is 2.28 bits per heavy atom. The molecule has 0 amide bonds. The fourth-order valence-electron chi connectivity index (χ4n) is 9.49. The molecule has 54 heavy (non-hydrogen) atoms. The number of aryl methyl sites for hydroxylation is 2. The van der Waals surface area contributed by atoms with Crippen LogP contribution in [-0.4, -0.2) is 80.8 Å². The quantitative estimate of drug-likeness (QED) is 0.108. The van der Waals surface area contributed by atoms with E-state index in [-0.39, 0.29) is 17.0 Å². The van der Waals surface area contributed by atoms with Crippen LogP contribution in [0.1, 0.15) is 96.6 Å². The summed E-state index contributed by atoms with van der Waals surface area (Å²) in [6, 6.07) is 9.47. The Balaban J connectivity index is 1.24. The Morgan fingerprint density at radius 1 is 0.870 bits per heavy atom. The van der Waals surface area contributed by atoms with Crippen molar-refractivity contribution in [2.24, 2.45) is 0 Å². The molecule has 0 aromatic heterocycles. The number of carboxylic acids is 1. The zero-order valence-corrected chi connectivity index (χ0v) is 33.5. The molecule has 3 aromatic rings. The number of hydrogen-bond donors (Lipinski definition) is 2. The van der Waals surface area contributed by atoms with Gasteiger partial charge < -0.3 is 28.0 Å². The van der Waals surface area contributed by atoms with Crippen molar-refractivity contribution < 1.29 is 36.3 Å². The first-order valence-electron chi connectivity index (χ1n) is 19.9. The zero-order chi connectivity index (χ0) is 37.6. The molecule has 0 aliphatic carbocycles. The SMILES string of the molecule is CCO[Si](CCCNS(=O)(=O)c1ccc(C2=c3cc4c5c(c3Oc3c2cc2c6c3CCCN6CCC2)CCC[N+]=5CCC4)c(C(=O)O)c1)(OCC)OCC. The minimum absolute atomic E-state index is 0.0527. The fraction of sp³-hybridized carbons (Fsp3) is 0.512. The number of carbonyl (C=O) groups is 1. The van der Waals surface area contributed by atoms with Gasteiger partial charge in [0.25, 0.3) is 0 Å². The second-order valence-corrected chi connectivity index (χ2v) is 19.3. The van der Waals surface area contributed by atoms with Crippen LogP contribution in [-0.2, 0) is 49.0 Å². The van der Waals surface area contributed by atoms with E-state index in [1.54, 1.807) is 12.1 Å². The third kappa shape index (κ3) is 6.60. The molecular weight excluding hydrogens is 723 g/mol. The summed E-state index contributed by atoms with van der Waals surface area (Å²) in [5.41, 5.74) is 8.41. The lowest BCUT2D eigenvalue weighted by Gasteiger charge is -2.39. The maximum absolute atomic E-state index is 13.7. The van der Waals surface area contributed by atoms with Gasteiger partial charge in [0.05, 0.1) is 16.0 Å². The van der Waals surface area contributed by atoms with Gasteiger partial charge in [-0.1, -0.05) is 6.07 Å². The molecule has 0 atom stereocenters. The molecule has 0 saturated carbocycles. The summed E-state index contributed by atoms with van der Waals surface area (Å²) >= 11 is 0. The third-order valence-corrected chi connectivity index (χ3v) is 16.1. The second-order valence-electron chi connectivity index (χ2n) is 14.8. The molecular formula is C41H52N3O8SSi+. The van der Waals surface area contributed by atoms with Crippen LogP contribution in [0.2, 0.25) is 6.04 Å². The molecule has 5 aliphatic rings. The van der Waals surface area contributed by atoms with E-state index in [1.165, 1.54) is 39.4 Å². The van der Waals surface area contributed by atoms with Crippen molar-refractivity contribution in [1.82, 2.24) is 9.30 Å². The highest BCUT2D eigenvalue weighted by atomic mass is 32.2. The number of sulfonamides is 1.